The zero-order chi connectivity index (χ0) is 20.6. The van der Waals surface area contributed by atoms with E-state index in [1.165, 1.54) is 0 Å². The second-order valence-electron chi connectivity index (χ2n) is 8.83. The number of hydrogen-bond acceptors (Lipinski definition) is 4. The summed E-state index contributed by atoms with van der Waals surface area (Å²) in [6.45, 7) is 6.79. The number of rotatable bonds is 2. The van der Waals surface area contributed by atoms with Gasteiger partial charge in [0.15, 0.2) is 0 Å². The number of amides is 1. The summed E-state index contributed by atoms with van der Waals surface area (Å²) in [5.74, 6) is 0.0167. The zero-order valence-electron chi connectivity index (χ0n) is 16.5. The normalized spacial score (nSPS) is 22.4. The molecule has 8 heteroatoms. The van der Waals surface area contributed by atoms with Gasteiger partial charge in [0.2, 0.25) is 5.88 Å². The van der Waals surface area contributed by atoms with E-state index in [2.05, 4.69) is 4.98 Å². The van der Waals surface area contributed by atoms with Crippen LogP contribution >= 0.6 is 0 Å². The molecule has 1 atom stereocenters. The van der Waals surface area contributed by atoms with E-state index in [0.29, 0.717) is 13.1 Å². The first-order valence-corrected chi connectivity index (χ1v) is 9.64. The molecule has 1 spiro atoms. The average molecular weight is 400 g/mol. The lowest BCUT2D eigenvalue weighted by Gasteiger charge is -2.39. The molecule has 1 aliphatic carbocycles. The van der Waals surface area contributed by atoms with Crippen LogP contribution in [0.4, 0.5) is 18.0 Å². The second kappa shape index (κ2) is 7.44. The summed E-state index contributed by atoms with van der Waals surface area (Å²) >= 11 is 0. The highest BCUT2D eigenvalue weighted by Gasteiger charge is 2.43. The summed E-state index contributed by atoms with van der Waals surface area (Å²) in [7, 11) is 0. The summed E-state index contributed by atoms with van der Waals surface area (Å²) in [6.07, 6.45) is 0.472. The molecule has 1 aliphatic heterocycles. The summed E-state index contributed by atoms with van der Waals surface area (Å²) in [6, 6.07) is 1.89. The van der Waals surface area contributed by atoms with Gasteiger partial charge in [-0.2, -0.15) is 13.2 Å². The van der Waals surface area contributed by atoms with Crippen molar-refractivity contribution in [1.82, 2.24) is 9.88 Å². The molecule has 1 saturated heterocycles. The van der Waals surface area contributed by atoms with E-state index in [1.807, 2.05) is 20.8 Å². The Labute approximate surface area is 163 Å². The maximum atomic E-state index is 12.8. The van der Waals surface area contributed by atoms with E-state index in [1.54, 1.807) is 4.90 Å². The third kappa shape index (κ3) is 5.08. The molecule has 0 aromatic carbocycles. The third-order valence-electron chi connectivity index (χ3n) is 5.48. The molecule has 2 fully saturated rings. The summed E-state index contributed by atoms with van der Waals surface area (Å²) in [4.78, 5) is 17.9. The minimum Gasteiger partial charge on any atom is -0.474 e. The molecule has 1 amide bonds. The molecule has 1 unspecified atom stereocenters. The number of likely N-dealkylation sites (tertiary alicyclic amines) is 1. The fraction of sp³-hybridized carbons (Fsp3) is 0.700. The predicted octanol–water partition coefficient (Wildman–Crippen LogP) is 5.05. The van der Waals surface area contributed by atoms with Crippen LogP contribution < -0.4 is 4.74 Å². The van der Waals surface area contributed by atoms with Gasteiger partial charge >= 0.3 is 12.3 Å². The fourth-order valence-corrected chi connectivity index (χ4v) is 4.02. The van der Waals surface area contributed by atoms with E-state index in [0.717, 1.165) is 50.4 Å². The van der Waals surface area contributed by atoms with E-state index in [4.69, 9.17) is 9.47 Å². The predicted molar refractivity (Wildman–Crippen MR) is 97.0 cm³/mol. The van der Waals surface area contributed by atoms with Gasteiger partial charge in [0.25, 0.3) is 0 Å². The quantitative estimate of drug-likeness (QED) is 0.697. The summed E-state index contributed by atoms with van der Waals surface area (Å²) < 4.78 is 49.7. The van der Waals surface area contributed by atoms with Gasteiger partial charge in [-0.05, 0) is 64.4 Å². The van der Waals surface area contributed by atoms with Gasteiger partial charge in [0.1, 0.15) is 11.7 Å². The Morgan fingerprint density at radius 3 is 2.50 bits per heavy atom. The van der Waals surface area contributed by atoms with Crippen molar-refractivity contribution in [3.05, 3.63) is 23.9 Å². The molecule has 1 aromatic heterocycles. The lowest BCUT2D eigenvalue weighted by Crippen LogP contribution is -2.44. The molecule has 5 nitrogen and oxygen atoms in total. The Bertz CT molecular complexity index is 707. The van der Waals surface area contributed by atoms with Crippen LogP contribution in [0.5, 0.6) is 5.88 Å². The molecular formula is C20H27F3N2O3. The fourth-order valence-electron chi connectivity index (χ4n) is 4.02. The molecule has 156 valence electrons. The van der Waals surface area contributed by atoms with Crippen LogP contribution in [0, 0.1) is 5.41 Å². The van der Waals surface area contributed by atoms with E-state index < -0.39 is 17.3 Å². The van der Waals surface area contributed by atoms with Gasteiger partial charge in [-0.15, -0.1) is 0 Å². The van der Waals surface area contributed by atoms with Crippen molar-refractivity contribution in [2.45, 2.75) is 70.8 Å². The monoisotopic (exact) mass is 400 g/mol. The van der Waals surface area contributed by atoms with Crippen molar-refractivity contribution in [2.75, 3.05) is 13.1 Å². The number of halogens is 3. The number of piperidine rings is 1. The molecule has 2 heterocycles. The van der Waals surface area contributed by atoms with Crippen molar-refractivity contribution in [3.8, 4) is 5.88 Å². The third-order valence-corrected chi connectivity index (χ3v) is 5.48. The van der Waals surface area contributed by atoms with Gasteiger partial charge in [0.05, 0.1) is 5.56 Å². The Morgan fingerprint density at radius 1 is 1.21 bits per heavy atom. The summed E-state index contributed by atoms with van der Waals surface area (Å²) in [5, 5.41) is 0. The largest absolute Gasteiger partial charge is 0.474 e. The molecule has 0 radical (unpaired) electrons. The number of ether oxygens (including phenoxy) is 2. The standard InChI is InChI=1S/C20H27F3N2O3/c1-18(2,3)28-17(26)25-10-7-19(8-11-25)6-4-15(13-19)27-16-12-14(5-9-24-16)20(21,22)23/h5,9,12,15H,4,6-8,10-11,13H2,1-3H3. The number of nitrogens with zero attached hydrogens (tertiary/aromatic N) is 2. The van der Waals surface area contributed by atoms with Crippen molar-refractivity contribution in [3.63, 3.8) is 0 Å². The topological polar surface area (TPSA) is 51.7 Å². The van der Waals surface area contributed by atoms with Crippen molar-refractivity contribution in [2.24, 2.45) is 5.41 Å². The maximum Gasteiger partial charge on any atom is 0.416 e. The van der Waals surface area contributed by atoms with Crippen LogP contribution in [0.25, 0.3) is 0 Å². The highest BCUT2D eigenvalue weighted by molar-refractivity contribution is 5.68. The molecule has 2 aliphatic rings. The first-order chi connectivity index (χ1) is 13.0. The first-order valence-electron chi connectivity index (χ1n) is 9.64. The SMILES string of the molecule is CC(C)(C)OC(=O)N1CCC2(CCC(Oc3cc(C(F)(F)F)ccn3)C2)CC1. The van der Waals surface area contributed by atoms with E-state index >= 15 is 0 Å². The zero-order valence-corrected chi connectivity index (χ0v) is 16.5. The van der Waals surface area contributed by atoms with Gasteiger partial charge in [-0.1, -0.05) is 0 Å². The number of carbonyl (C=O) groups is 1. The van der Waals surface area contributed by atoms with Gasteiger partial charge in [0, 0.05) is 25.4 Å². The second-order valence-corrected chi connectivity index (χ2v) is 8.83. The van der Waals surface area contributed by atoms with Gasteiger partial charge in [-0.3, -0.25) is 0 Å². The Morgan fingerprint density at radius 2 is 1.89 bits per heavy atom. The number of hydrogen-bond donors (Lipinski definition) is 0. The van der Waals surface area contributed by atoms with Crippen LogP contribution in [0.1, 0.15) is 58.4 Å². The minimum atomic E-state index is -4.41. The highest BCUT2D eigenvalue weighted by atomic mass is 19.4. The molecule has 0 bridgehead atoms. The van der Waals surface area contributed by atoms with Crippen molar-refractivity contribution >= 4 is 6.09 Å². The summed E-state index contributed by atoms with van der Waals surface area (Å²) in [5.41, 5.74) is -1.20. The Kier molecular flexibility index (Phi) is 5.51. The number of carbonyl (C=O) groups excluding carboxylic acids is 1. The van der Waals surface area contributed by atoms with Gasteiger partial charge < -0.3 is 14.4 Å². The van der Waals surface area contributed by atoms with Crippen molar-refractivity contribution in [1.29, 1.82) is 0 Å². The molecule has 1 aromatic rings. The van der Waals surface area contributed by atoms with Crippen LogP contribution in [-0.4, -0.2) is 40.8 Å². The number of alkyl halides is 3. The van der Waals surface area contributed by atoms with Crippen LogP contribution in [0.3, 0.4) is 0 Å². The van der Waals surface area contributed by atoms with Gasteiger partial charge in [-0.25, -0.2) is 9.78 Å². The van der Waals surface area contributed by atoms with E-state index in [9.17, 15) is 18.0 Å². The van der Waals surface area contributed by atoms with Crippen LogP contribution in [0.15, 0.2) is 18.3 Å². The van der Waals surface area contributed by atoms with E-state index in [-0.39, 0.29) is 23.5 Å². The molecular weight excluding hydrogens is 373 g/mol. The first kappa shape index (κ1) is 20.7. The highest BCUT2D eigenvalue weighted by Crippen LogP contribution is 2.47. The maximum absolute atomic E-state index is 12.8. The molecule has 3 rings (SSSR count). The Hall–Kier alpha value is -1.99. The smallest absolute Gasteiger partial charge is 0.416 e. The Balaban J connectivity index is 1.54. The number of pyridine rings is 1. The lowest BCUT2D eigenvalue weighted by atomic mass is 9.77. The average Bonchev–Trinajstić information content (AvgIpc) is 2.95. The van der Waals surface area contributed by atoms with Crippen LogP contribution in [0.2, 0.25) is 0 Å². The number of aromatic nitrogens is 1. The molecule has 1 saturated carbocycles. The van der Waals surface area contributed by atoms with Crippen LogP contribution in [-0.2, 0) is 10.9 Å². The van der Waals surface area contributed by atoms with Crippen molar-refractivity contribution < 1.29 is 27.4 Å². The lowest BCUT2D eigenvalue weighted by molar-refractivity contribution is -0.137. The minimum absolute atomic E-state index is 0.0167. The molecule has 28 heavy (non-hydrogen) atoms. The molecule has 0 N–H and O–H groups in total.